The van der Waals surface area contributed by atoms with Gasteiger partial charge in [0.1, 0.15) is 0 Å². The first-order valence-electron chi connectivity index (χ1n) is 2.94. The normalized spacial score (nSPS) is 8.00. The molecule has 0 spiro atoms. The third-order valence-electron chi connectivity index (χ3n) is 1.20. The van der Waals surface area contributed by atoms with Gasteiger partial charge in [0.2, 0.25) is 0 Å². The van der Waals surface area contributed by atoms with Gasteiger partial charge in [0.05, 0.1) is 12.5 Å². The molecule has 1 rings (SSSR count). The molecule has 0 heterocycles. The van der Waals surface area contributed by atoms with Crippen LogP contribution < -0.4 is 29.6 Å². The Hall–Kier alpha value is 0.190. The van der Waals surface area contributed by atoms with Crippen molar-refractivity contribution in [1.29, 1.82) is 5.26 Å². The summed E-state index contributed by atoms with van der Waals surface area (Å²) >= 11 is 3.31. The maximum Gasteiger partial charge on any atom is 1.00 e. The minimum atomic E-state index is 0. The predicted molar refractivity (Wildman–Crippen MR) is 43.5 cm³/mol. The van der Waals surface area contributed by atoms with E-state index in [1.807, 2.05) is 24.3 Å². The molecule has 1 aromatic rings. The molecule has 0 aliphatic heterocycles. The third-order valence-corrected chi connectivity index (χ3v) is 1.73. The van der Waals surface area contributed by atoms with Crippen LogP contribution >= 0.6 is 15.9 Å². The molecule has 0 amide bonds. The molecule has 0 aliphatic carbocycles. The van der Waals surface area contributed by atoms with Gasteiger partial charge in [-0.15, -0.1) is 0 Å². The molecular weight excluding hydrogens is 213 g/mol. The largest absolute Gasteiger partial charge is 1.00 e. The van der Waals surface area contributed by atoms with E-state index in [4.69, 9.17) is 5.26 Å². The Balaban J connectivity index is 0.000001000. The zero-order valence-corrected chi connectivity index (χ0v) is 9.93. The maximum absolute atomic E-state index is 8.33. The molecule has 0 bridgehead atoms. The number of hydrogen-bond donors (Lipinski definition) is 0. The quantitative estimate of drug-likeness (QED) is 0.585. The molecule has 50 valence electrons. The topological polar surface area (TPSA) is 23.8 Å². The summed E-state index contributed by atoms with van der Waals surface area (Å²) in [5.41, 5.74) is 1.06. The van der Waals surface area contributed by atoms with Crippen LogP contribution in [0.5, 0.6) is 0 Å². The number of rotatable bonds is 1. The average Bonchev–Trinajstić information content (AvgIpc) is 1.95. The molecule has 0 N–H and O–H groups in total. The fourth-order valence-corrected chi connectivity index (χ4v) is 0.958. The van der Waals surface area contributed by atoms with Crippen LogP contribution in [0, 0.1) is 11.3 Å². The molecule has 1 aromatic carbocycles. The van der Waals surface area contributed by atoms with Gasteiger partial charge in [0, 0.05) is 4.47 Å². The monoisotopic (exact) mass is 218 g/mol. The second-order valence-electron chi connectivity index (χ2n) is 1.96. The molecule has 0 saturated carbocycles. The van der Waals surface area contributed by atoms with Crippen LogP contribution in [-0.2, 0) is 6.42 Å². The first-order chi connectivity index (χ1) is 4.83. The van der Waals surface area contributed by atoms with Crippen LogP contribution in [0.25, 0.3) is 0 Å². The molecule has 11 heavy (non-hydrogen) atoms. The molecule has 3 heteroatoms. The Morgan fingerprint density at radius 3 is 2.27 bits per heavy atom. The van der Waals surface area contributed by atoms with Gasteiger partial charge >= 0.3 is 29.6 Å². The van der Waals surface area contributed by atoms with Gasteiger partial charge in [-0.1, -0.05) is 28.1 Å². The van der Waals surface area contributed by atoms with E-state index in [1.165, 1.54) is 0 Å². The van der Waals surface area contributed by atoms with Crippen molar-refractivity contribution in [3.8, 4) is 6.07 Å². The summed E-state index contributed by atoms with van der Waals surface area (Å²) in [5, 5.41) is 8.33. The van der Waals surface area contributed by atoms with Gasteiger partial charge in [0.15, 0.2) is 0 Å². The smallest absolute Gasteiger partial charge is 0.198 e. The molecule has 0 unspecified atom stereocenters. The van der Waals surface area contributed by atoms with Crippen molar-refractivity contribution in [3.05, 3.63) is 34.3 Å². The molecule has 1 nitrogen and oxygen atoms in total. The summed E-state index contributed by atoms with van der Waals surface area (Å²) in [6.07, 6.45) is 0.493. The molecule has 0 saturated heterocycles. The SMILES string of the molecule is N#CCc1ccc(Br)cc1.[Na+]. The van der Waals surface area contributed by atoms with Crippen LogP contribution in [0.1, 0.15) is 5.56 Å². The van der Waals surface area contributed by atoms with Gasteiger partial charge in [-0.2, -0.15) is 5.26 Å². The van der Waals surface area contributed by atoms with Crippen LogP contribution in [-0.4, -0.2) is 0 Å². The Morgan fingerprint density at radius 2 is 1.82 bits per heavy atom. The van der Waals surface area contributed by atoms with E-state index in [0.29, 0.717) is 6.42 Å². The number of halogens is 1. The van der Waals surface area contributed by atoms with Crippen molar-refractivity contribution < 1.29 is 29.6 Å². The van der Waals surface area contributed by atoms with Gasteiger partial charge in [0.25, 0.3) is 0 Å². The first-order valence-corrected chi connectivity index (χ1v) is 3.73. The van der Waals surface area contributed by atoms with Crippen LogP contribution in [0.15, 0.2) is 28.7 Å². The Labute approximate surface area is 96.8 Å². The van der Waals surface area contributed by atoms with Gasteiger partial charge < -0.3 is 0 Å². The van der Waals surface area contributed by atoms with Crippen molar-refractivity contribution in [2.75, 3.05) is 0 Å². The summed E-state index contributed by atoms with van der Waals surface area (Å²) < 4.78 is 1.05. The Bertz CT molecular complexity index is 250. The average molecular weight is 219 g/mol. The van der Waals surface area contributed by atoms with Crippen molar-refractivity contribution in [2.45, 2.75) is 6.42 Å². The van der Waals surface area contributed by atoms with Gasteiger partial charge in [-0.05, 0) is 17.7 Å². The van der Waals surface area contributed by atoms with Gasteiger partial charge in [-0.3, -0.25) is 0 Å². The van der Waals surface area contributed by atoms with E-state index in [1.54, 1.807) is 0 Å². The minimum absolute atomic E-state index is 0. The standard InChI is InChI=1S/C8H6BrN.Na/c9-8-3-1-7(2-4-8)5-6-10;/h1-4H,5H2;/q;+1. The zero-order chi connectivity index (χ0) is 7.40. The summed E-state index contributed by atoms with van der Waals surface area (Å²) in [6.45, 7) is 0. The molecule has 0 atom stereocenters. The molecule has 0 radical (unpaired) electrons. The van der Waals surface area contributed by atoms with Crippen LogP contribution in [0.3, 0.4) is 0 Å². The Morgan fingerprint density at radius 1 is 1.27 bits per heavy atom. The predicted octanol–water partition coefficient (Wildman–Crippen LogP) is -0.481. The summed E-state index contributed by atoms with van der Waals surface area (Å²) in [6, 6.07) is 9.84. The fourth-order valence-electron chi connectivity index (χ4n) is 0.694. The molecule has 0 fully saturated rings. The molecule has 0 aliphatic rings. The van der Waals surface area contributed by atoms with E-state index >= 15 is 0 Å². The third kappa shape index (κ3) is 3.93. The molecule has 0 aromatic heterocycles. The maximum atomic E-state index is 8.33. The van der Waals surface area contributed by atoms with E-state index in [-0.39, 0.29) is 29.6 Å². The zero-order valence-electron chi connectivity index (χ0n) is 6.34. The second kappa shape index (κ2) is 5.79. The number of nitriles is 1. The number of hydrogen-bond acceptors (Lipinski definition) is 1. The van der Waals surface area contributed by atoms with E-state index in [2.05, 4.69) is 22.0 Å². The minimum Gasteiger partial charge on any atom is -0.198 e. The van der Waals surface area contributed by atoms with E-state index in [0.717, 1.165) is 10.0 Å². The van der Waals surface area contributed by atoms with Crippen molar-refractivity contribution >= 4 is 15.9 Å². The second-order valence-corrected chi connectivity index (χ2v) is 2.88. The summed E-state index contributed by atoms with van der Waals surface area (Å²) in [4.78, 5) is 0. The summed E-state index contributed by atoms with van der Waals surface area (Å²) in [7, 11) is 0. The Kier molecular flexibility index (Phi) is 5.89. The summed E-state index contributed by atoms with van der Waals surface area (Å²) in [5.74, 6) is 0. The van der Waals surface area contributed by atoms with Gasteiger partial charge in [-0.25, -0.2) is 0 Å². The van der Waals surface area contributed by atoms with Crippen molar-refractivity contribution in [2.24, 2.45) is 0 Å². The van der Waals surface area contributed by atoms with Crippen molar-refractivity contribution in [1.82, 2.24) is 0 Å². The fraction of sp³-hybridized carbons (Fsp3) is 0.125. The number of benzene rings is 1. The van der Waals surface area contributed by atoms with Crippen LogP contribution in [0.4, 0.5) is 0 Å². The molecular formula is C8H6BrNNa+. The first kappa shape index (κ1) is 11.2. The van der Waals surface area contributed by atoms with Crippen LogP contribution in [0.2, 0.25) is 0 Å². The van der Waals surface area contributed by atoms with E-state index in [9.17, 15) is 0 Å². The van der Waals surface area contributed by atoms with E-state index < -0.39 is 0 Å². The van der Waals surface area contributed by atoms with Crippen molar-refractivity contribution in [3.63, 3.8) is 0 Å². The number of nitrogens with zero attached hydrogens (tertiary/aromatic N) is 1.